The van der Waals surface area contributed by atoms with Gasteiger partial charge in [0.2, 0.25) is 5.76 Å². The van der Waals surface area contributed by atoms with Crippen molar-refractivity contribution in [2.45, 2.75) is 19.4 Å². The van der Waals surface area contributed by atoms with Gasteiger partial charge in [0.15, 0.2) is 11.5 Å². The fraction of sp³-hybridized carbons (Fsp3) is 0.312. The summed E-state index contributed by atoms with van der Waals surface area (Å²) in [5.41, 5.74) is 1.13. The molecule has 0 aliphatic carbocycles. The summed E-state index contributed by atoms with van der Waals surface area (Å²) < 4.78 is 15.3. The molecule has 8 heteroatoms. The first-order valence-corrected chi connectivity index (χ1v) is 7.12. The predicted octanol–water partition coefficient (Wildman–Crippen LogP) is 1.95. The molecule has 1 aromatic heterocycles. The summed E-state index contributed by atoms with van der Waals surface area (Å²) in [5, 5.41) is 15.4. The number of carbonyl (C=O) groups excluding carboxylic acids is 1. The van der Waals surface area contributed by atoms with Crippen LogP contribution >= 0.6 is 0 Å². The number of carbonyl (C=O) groups is 2. The number of hydrogen-bond acceptors (Lipinski definition) is 6. The van der Waals surface area contributed by atoms with E-state index in [4.69, 9.17) is 19.1 Å². The third-order valence-electron chi connectivity index (χ3n) is 3.35. The number of carboxylic acid groups (broad SMARTS) is 1. The van der Waals surface area contributed by atoms with Crippen LogP contribution in [0, 0.1) is 6.92 Å². The minimum atomic E-state index is -1.05. The number of aromatic nitrogens is 1. The second-order valence-electron chi connectivity index (χ2n) is 5.07. The van der Waals surface area contributed by atoms with E-state index in [1.54, 1.807) is 25.1 Å². The second kappa shape index (κ2) is 7.49. The largest absolute Gasteiger partial charge is 0.493 e. The SMILES string of the molecule is COc1ccc([C@H](CC(=O)O)NC(=O)c2cc(C)no2)cc1OC. The molecule has 1 heterocycles. The van der Waals surface area contributed by atoms with Crippen LogP contribution in [0.4, 0.5) is 0 Å². The Morgan fingerprint density at radius 3 is 2.50 bits per heavy atom. The first kappa shape index (κ1) is 17.3. The quantitative estimate of drug-likeness (QED) is 0.796. The van der Waals surface area contributed by atoms with E-state index in [1.807, 2.05) is 0 Å². The highest BCUT2D eigenvalue weighted by Gasteiger charge is 2.22. The zero-order chi connectivity index (χ0) is 17.7. The van der Waals surface area contributed by atoms with Crippen molar-refractivity contribution in [3.05, 3.63) is 41.3 Å². The van der Waals surface area contributed by atoms with E-state index < -0.39 is 17.9 Å². The predicted molar refractivity (Wildman–Crippen MR) is 83.2 cm³/mol. The monoisotopic (exact) mass is 334 g/mol. The average molecular weight is 334 g/mol. The first-order valence-electron chi connectivity index (χ1n) is 7.12. The maximum absolute atomic E-state index is 12.2. The minimum absolute atomic E-state index is 0.0170. The molecule has 0 radical (unpaired) electrons. The Kier molecular flexibility index (Phi) is 5.41. The van der Waals surface area contributed by atoms with E-state index in [9.17, 15) is 9.59 Å². The standard InChI is InChI=1S/C16H18N2O6/c1-9-6-14(24-18-9)16(21)17-11(8-15(19)20)10-4-5-12(22-2)13(7-10)23-3/h4-7,11H,8H2,1-3H3,(H,17,21)(H,19,20)/t11-/m0/s1. The highest BCUT2D eigenvalue weighted by Crippen LogP contribution is 2.31. The zero-order valence-corrected chi connectivity index (χ0v) is 13.5. The first-order chi connectivity index (χ1) is 11.4. The number of nitrogens with one attached hydrogen (secondary N) is 1. The van der Waals surface area contributed by atoms with Gasteiger partial charge in [-0.3, -0.25) is 9.59 Å². The maximum Gasteiger partial charge on any atom is 0.305 e. The molecule has 0 aliphatic rings. The van der Waals surface area contributed by atoms with Gasteiger partial charge >= 0.3 is 5.97 Å². The van der Waals surface area contributed by atoms with Crippen molar-refractivity contribution in [3.8, 4) is 11.5 Å². The highest BCUT2D eigenvalue weighted by molar-refractivity contribution is 5.92. The smallest absolute Gasteiger partial charge is 0.305 e. The van der Waals surface area contributed by atoms with Gasteiger partial charge in [-0.15, -0.1) is 0 Å². The lowest BCUT2D eigenvalue weighted by Gasteiger charge is -2.18. The normalized spacial score (nSPS) is 11.6. The molecule has 2 rings (SSSR count). The van der Waals surface area contributed by atoms with Gasteiger partial charge in [-0.1, -0.05) is 11.2 Å². The molecule has 0 saturated heterocycles. The molecule has 0 bridgehead atoms. The van der Waals surface area contributed by atoms with Gasteiger partial charge in [0.1, 0.15) is 0 Å². The average Bonchev–Trinajstić information content (AvgIpc) is 2.99. The van der Waals surface area contributed by atoms with E-state index in [0.29, 0.717) is 22.8 Å². The van der Waals surface area contributed by atoms with Gasteiger partial charge in [0.25, 0.3) is 5.91 Å². The van der Waals surface area contributed by atoms with Crippen LogP contribution in [0.2, 0.25) is 0 Å². The number of aryl methyl sites for hydroxylation is 1. The van der Waals surface area contributed by atoms with Gasteiger partial charge in [0, 0.05) is 6.07 Å². The van der Waals surface area contributed by atoms with E-state index in [2.05, 4.69) is 10.5 Å². The molecule has 0 spiro atoms. The molecule has 0 saturated carbocycles. The molecule has 2 N–H and O–H groups in total. The number of amides is 1. The van der Waals surface area contributed by atoms with Gasteiger partial charge in [0.05, 0.1) is 32.4 Å². The molecule has 0 aliphatic heterocycles. The molecule has 24 heavy (non-hydrogen) atoms. The summed E-state index contributed by atoms with van der Waals surface area (Å²) in [4.78, 5) is 23.3. The molecule has 8 nitrogen and oxygen atoms in total. The molecule has 1 aromatic carbocycles. The summed E-state index contributed by atoms with van der Waals surface area (Å²) in [7, 11) is 2.98. The third kappa shape index (κ3) is 4.03. The molecule has 2 aromatic rings. The highest BCUT2D eigenvalue weighted by atomic mass is 16.5. The lowest BCUT2D eigenvalue weighted by atomic mass is 10.0. The summed E-state index contributed by atoms with van der Waals surface area (Å²) in [6, 6.07) is 5.65. The van der Waals surface area contributed by atoms with Crippen molar-refractivity contribution < 1.29 is 28.7 Å². The number of carboxylic acids is 1. The van der Waals surface area contributed by atoms with Crippen molar-refractivity contribution in [1.29, 1.82) is 0 Å². The lowest BCUT2D eigenvalue weighted by molar-refractivity contribution is -0.137. The Labute approximate surface area is 138 Å². The zero-order valence-electron chi connectivity index (χ0n) is 13.5. The van der Waals surface area contributed by atoms with Crippen LogP contribution in [0.1, 0.15) is 34.3 Å². The molecule has 0 unspecified atom stereocenters. The van der Waals surface area contributed by atoms with Crippen molar-refractivity contribution in [2.24, 2.45) is 0 Å². The van der Waals surface area contributed by atoms with Crippen LogP contribution in [0.25, 0.3) is 0 Å². The van der Waals surface area contributed by atoms with Gasteiger partial charge in [-0.05, 0) is 24.6 Å². The third-order valence-corrected chi connectivity index (χ3v) is 3.35. The van der Waals surface area contributed by atoms with Gasteiger partial charge in [-0.25, -0.2) is 0 Å². The van der Waals surface area contributed by atoms with Crippen LogP contribution in [-0.4, -0.2) is 36.4 Å². The fourth-order valence-corrected chi connectivity index (χ4v) is 2.20. The molecule has 1 amide bonds. The summed E-state index contributed by atoms with van der Waals surface area (Å²) in [6.07, 6.45) is -0.297. The molecule has 1 atom stereocenters. The van der Waals surface area contributed by atoms with Gasteiger partial charge in [-0.2, -0.15) is 0 Å². The summed E-state index contributed by atoms with van der Waals surface area (Å²) in [5.74, 6) is -0.633. The summed E-state index contributed by atoms with van der Waals surface area (Å²) >= 11 is 0. The van der Waals surface area contributed by atoms with Crippen molar-refractivity contribution in [3.63, 3.8) is 0 Å². The number of aliphatic carboxylic acids is 1. The Morgan fingerprint density at radius 2 is 1.96 bits per heavy atom. The molecule has 0 fully saturated rings. The minimum Gasteiger partial charge on any atom is -0.493 e. The Balaban J connectivity index is 2.28. The second-order valence-corrected chi connectivity index (χ2v) is 5.07. The van der Waals surface area contributed by atoms with Crippen LogP contribution in [-0.2, 0) is 4.79 Å². The lowest BCUT2D eigenvalue weighted by Crippen LogP contribution is -2.30. The fourth-order valence-electron chi connectivity index (χ4n) is 2.20. The molecule has 128 valence electrons. The Hall–Kier alpha value is -3.03. The number of methoxy groups -OCH3 is 2. The topological polar surface area (TPSA) is 111 Å². The van der Waals surface area contributed by atoms with E-state index in [1.165, 1.54) is 20.3 Å². The van der Waals surface area contributed by atoms with Crippen molar-refractivity contribution in [2.75, 3.05) is 14.2 Å². The van der Waals surface area contributed by atoms with Crippen molar-refractivity contribution in [1.82, 2.24) is 10.5 Å². The number of benzene rings is 1. The van der Waals surface area contributed by atoms with E-state index in [-0.39, 0.29) is 12.2 Å². The number of hydrogen-bond donors (Lipinski definition) is 2. The Bertz CT molecular complexity index is 740. The van der Waals surface area contributed by atoms with Crippen LogP contribution < -0.4 is 14.8 Å². The summed E-state index contributed by atoms with van der Waals surface area (Å²) in [6.45, 7) is 1.68. The Morgan fingerprint density at radius 1 is 1.25 bits per heavy atom. The van der Waals surface area contributed by atoms with Crippen LogP contribution in [0.5, 0.6) is 11.5 Å². The maximum atomic E-state index is 12.2. The van der Waals surface area contributed by atoms with Gasteiger partial charge < -0.3 is 24.4 Å². The number of rotatable bonds is 7. The molecular formula is C16H18N2O6. The van der Waals surface area contributed by atoms with Crippen molar-refractivity contribution >= 4 is 11.9 Å². The van der Waals surface area contributed by atoms with Crippen LogP contribution in [0.3, 0.4) is 0 Å². The molecular weight excluding hydrogens is 316 g/mol. The van der Waals surface area contributed by atoms with E-state index in [0.717, 1.165) is 0 Å². The van der Waals surface area contributed by atoms with E-state index >= 15 is 0 Å². The van der Waals surface area contributed by atoms with Crippen LogP contribution in [0.15, 0.2) is 28.8 Å². The number of nitrogens with zero attached hydrogens (tertiary/aromatic N) is 1. The number of ether oxygens (including phenoxy) is 2.